The Kier molecular flexibility index (Phi) is 5.97. The molecule has 1 heterocycles. The highest BCUT2D eigenvalue weighted by atomic mass is 35.5. The van der Waals surface area contributed by atoms with Crippen molar-refractivity contribution in [3.63, 3.8) is 0 Å². The van der Waals surface area contributed by atoms with E-state index >= 15 is 0 Å². The third-order valence-electron chi connectivity index (χ3n) is 3.28. The van der Waals surface area contributed by atoms with E-state index in [9.17, 15) is 0 Å². The van der Waals surface area contributed by atoms with E-state index in [1.807, 2.05) is 6.07 Å². The van der Waals surface area contributed by atoms with E-state index in [2.05, 4.69) is 19.2 Å². The molecule has 2 unspecified atom stereocenters. The SMILES string of the molecule is CC(C)NCC1CCC(COc2ccc(Cl)c(Cl)c2)O1. The Hall–Kier alpha value is -0.480. The van der Waals surface area contributed by atoms with Crippen molar-refractivity contribution in [3.8, 4) is 5.75 Å². The van der Waals surface area contributed by atoms with Gasteiger partial charge in [-0.1, -0.05) is 37.0 Å². The van der Waals surface area contributed by atoms with Gasteiger partial charge in [0.25, 0.3) is 0 Å². The summed E-state index contributed by atoms with van der Waals surface area (Å²) in [6, 6.07) is 5.78. The number of ether oxygens (including phenoxy) is 2. The summed E-state index contributed by atoms with van der Waals surface area (Å²) in [5.41, 5.74) is 0. The number of hydrogen-bond acceptors (Lipinski definition) is 3. The summed E-state index contributed by atoms with van der Waals surface area (Å²) in [6.07, 6.45) is 2.56. The largest absolute Gasteiger partial charge is 0.491 e. The van der Waals surface area contributed by atoms with Gasteiger partial charge < -0.3 is 14.8 Å². The van der Waals surface area contributed by atoms with E-state index < -0.39 is 0 Å². The Balaban J connectivity index is 1.73. The number of rotatable bonds is 6. The molecular formula is C15H21Cl2NO2. The molecule has 2 rings (SSSR count). The van der Waals surface area contributed by atoms with Crippen molar-refractivity contribution in [1.29, 1.82) is 0 Å². The van der Waals surface area contributed by atoms with Gasteiger partial charge >= 0.3 is 0 Å². The predicted octanol–water partition coefficient (Wildman–Crippen LogP) is 3.92. The summed E-state index contributed by atoms with van der Waals surface area (Å²) >= 11 is 11.8. The highest BCUT2D eigenvalue weighted by Gasteiger charge is 2.25. The van der Waals surface area contributed by atoms with Gasteiger partial charge in [0.05, 0.1) is 22.3 Å². The fourth-order valence-corrected chi connectivity index (χ4v) is 2.46. The zero-order valence-corrected chi connectivity index (χ0v) is 13.4. The Morgan fingerprint density at radius 1 is 1.25 bits per heavy atom. The molecule has 1 aliphatic rings. The van der Waals surface area contributed by atoms with Crippen molar-refractivity contribution < 1.29 is 9.47 Å². The Bertz CT molecular complexity index is 440. The lowest BCUT2D eigenvalue weighted by atomic mass is 10.2. The van der Waals surface area contributed by atoms with Crippen LogP contribution in [0.1, 0.15) is 26.7 Å². The molecule has 0 aromatic heterocycles. The number of benzene rings is 1. The molecule has 0 aliphatic carbocycles. The van der Waals surface area contributed by atoms with Crippen LogP contribution in [0.2, 0.25) is 10.0 Å². The van der Waals surface area contributed by atoms with Crippen molar-refractivity contribution in [1.82, 2.24) is 5.32 Å². The number of nitrogens with one attached hydrogen (secondary N) is 1. The summed E-state index contributed by atoms with van der Waals surface area (Å²) in [5.74, 6) is 0.728. The molecule has 112 valence electrons. The summed E-state index contributed by atoms with van der Waals surface area (Å²) in [5, 5.41) is 4.45. The van der Waals surface area contributed by atoms with E-state index in [1.54, 1.807) is 12.1 Å². The molecule has 0 bridgehead atoms. The molecule has 1 aliphatic heterocycles. The summed E-state index contributed by atoms with van der Waals surface area (Å²) in [7, 11) is 0. The van der Waals surface area contributed by atoms with Crippen LogP contribution < -0.4 is 10.1 Å². The minimum atomic E-state index is 0.156. The predicted molar refractivity (Wildman–Crippen MR) is 83.0 cm³/mol. The minimum Gasteiger partial charge on any atom is -0.491 e. The zero-order chi connectivity index (χ0) is 14.5. The second-order valence-corrected chi connectivity index (χ2v) is 6.22. The molecule has 1 N–H and O–H groups in total. The van der Waals surface area contributed by atoms with Crippen LogP contribution in [-0.4, -0.2) is 31.4 Å². The second-order valence-electron chi connectivity index (χ2n) is 5.41. The van der Waals surface area contributed by atoms with Crippen LogP contribution in [0.15, 0.2) is 18.2 Å². The van der Waals surface area contributed by atoms with Crippen molar-refractivity contribution in [2.75, 3.05) is 13.2 Å². The third kappa shape index (κ3) is 4.81. The van der Waals surface area contributed by atoms with E-state index in [0.29, 0.717) is 28.8 Å². The number of halogens is 2. The van der Waals surface area contributed by atoms with Gasteiger partial charge in [-0.2, -0.15) is 0 Å². The van der Waals surface area contributed by atoms with Crippen molar-refractivity contribution in [3.05, 3.63) is 28.2 Å². The zero-order valence-electron chi connectivity index (χ0n) is 11.9. The van der Waals surface area contributed by atoms with Crippen LogP contribution in [0, 0.1) is 0 Å². The summed E-state index contributed by atoms with van der Waals surface area (Å²) in [4.78, 5) is 0. The topological polar surface area (TPSA) is 30.5 Å². The van der Waals surface area contributed by atoms with Gasteiger partial charge in [-0.15, -0.1) is 0 Å². The quantitative estimate of drug-likeness (QED) is 0.862. The van der Waals surface area contributed by atoms with Crippen molar-refractivity contribution in [2.45, 2.75) is 44.9 Å². The van der Waals surface area contributed by atoms with Crippen LogP contribution in [0.5, 0.6) is 5.75 Å². The first-order valence-electron chi connectivity index (χ1n) is 7.01. The first-order valence-corrected chi connectivity index (χ1v) is 7.77. The molecule has 0 saturated carbocycles. The average Bonchev–Trinajstić information content (AvgIpc) is 2.86. The van der Waals surface area contributed by atoms with Gasteiger partial charge in [0.2, 0.25) is 0 Å². The van der Waals surface area contributed by atoms with E-state index in [4.69, 9.17) is 32.7 Å². The molecule has 3 nitrogen and oxygen atoms in total. The van der Waals surface area contributed by atoms with Gasteiger partial charge in [0, 0.05) is 18.7 Å². The van der Waals surface area contributed by atoms with Crippen LogP contribution >= 0.6 is 23.2 Å². The van der Waals surface area contributed by atoms with Gasteiger partial charge in [-0.25, -0.2) is 0 Å². The lowest BCUT2D eigenvalue weighted by Gasteiger charge is -2.16. The van der Waals surface area contributed by atoms with Crippen LogP contribution in [0.25, 0.3) is 0 Å². The van der Waals surface area contributed by atoms with E-state index in [1.165, 1.54) is 0 Å². The molecule has 1 aromatic carbocycles. The second kappa shape index (κ2) is 7.51. The highest BCUT2D eigenvalue weighted by Crippen LogP contribution is 2.27. The fourth-order valence-electron chi connectivity index (χ4n) is 2.18. The Morgan fingerprint density at radius 3 is 2.70 bits per heavy atom. The molecular weight excluding hydrogens is 297 g/mol. The van der Waals surface area contributed by atoms with Crippen LogP contribution in [0.3, 0.4) is 0 Å². The first kappa shape index (κ1) is 15.9. The lowest BCUT2D eigenvalue weighted by Crippen LogP contribution is -2.32. The molecule has 2 atom stereocenters. The smallest absolute Gasteiger partial charge is 0.121 e. The Labute approximate surface area is 130 Å². The van der Waals surface area contributed by atoms with Gasteiger partial charge in [0.1, 0.15) is 12.4 Å². The summed E-state index contributed by atoms with van der Waals surface area (Å²) in [6.45, 7) is 5.73. The summed E-state index contributed by atoms with van der Waals surface area (Å²) < 4.78 is 11.7. The normalized spacial score (nSPS) is 22.4. The van der Waals surface area contributed by atoms with Gasteiger partial charge in [0.15, 0.2) is 0 Å². The van der Waals surface area contributed by atoms with Gasteiger partial charge in [-0.3, -0.25) is 0 Å². The van der Waals surface area contributed by atoms with E-state index in [0.717, 1.165) is 25.1 Å². The minimum absolute atomic E-state index is 0.156. The maximum Gasteiger partial charge on any atom is 0.121 e. The molecule has 0 radical (unpaired) electrons. The monoisotopic (exact) mass is 317 g/mol. The number of hydrogen-bond donors (Lipinski definition) is 1. The van der Waals surface area contributed by atoms with Crippen LogP contribution in [-0.2, 0) is 4.74 Å². The molecule has 1 saturated heterocycles. The van der Waals surface area contributed by atoms with E-state index in [-0.39, 0.29) is 6.10 Å². The van der Waals surface area contributed by atoms with Crippen molar-refractivity contribution >= 4 is 23.2 Å². The maximum atomic E-state index is 5.95. The van der Waals surface area contributed by atoms with Gasteiger partial charge in [-0.05, 0) is 25.0 Å². The molecule has 1 aromatic rings. The molecule has 20 heavy (non-hydrogen) atoms. The Morgan fingerprint density at radius 2 is 2.00 bits per heavy atom. The molecule has 5 heteroatoms. The molecule has 1 fully saturated rings. The molecule has 0 amide bonds. The standard InChI is InChI=1S/C15H21Cl2NO2/c1-10(2)18-8-12-3-4-13(20-12)9-19-11-5-6-14(16)15(17)7-11/h5-7,10,12-13,18H,3-4,8-9H2,1-2H3. The molecule has 0 spiro atoms. The fraction of sp³-hybridized carbons (Fsp3) is 0.600. The lowest BCUT2D eigenvalue weighted by molar-refractivity contribution is 0.0178. The third-order valence-corrected chi connectivity index (χ3v) is 4.02. The first-order chi connectivity index (χ1) is 9.54. The average molecular weight is 318 g/mol. The maximum absolute atomic E-state index is 5.95. The van der Waals surface area contributed by atoms with Crippen LogP contribution in [0.4, 0.5) is 0 Å². The van der Waals surface area contributed by atoms with Crippen molar-refractivity contribution in [2.24, 2.45) is 0 Å². The highest BCUT2D eigenvalue weighted by molar-refractivity contribution is 6.42.